The molecule has 2 bridgehead atoms. The first-order valence-electron chi connectivity index (χ1n) is 6.96. The number of hydrogen-bond donors (Lipinski definition) is 3. The molecule has 3 aliphatic rings. The summed E-state index contributed by atoms with van der Waals surface area (Å²) >= 11 is 0. The van der Waals surface area contributed by atoms with Crippen LogP contribution in [0.4, 0.5) is 0 Å². The van der Waals surface area contributed by atoms with E-state index in [1.165, 1.54) is 32.5 Å². The highest BCUT2D eigenvalue weighted by Crippen LogP contribution is 2.28. The Bertz CT molecular complexity index is 308. The first-order chi connectivity index (χ1) is 8.53. The maximum Gasteiger partial charge on any atom is 0.144 e. The number of rotatable bonds is 5. The summed E-state index contributed by atoms with van der Waals surface area (Å²) in [6, 6.07) is 0.635. The molecule has 3 saturated heterocycles. The Morgan fingerprint density at radius 1 is 1.44 bits per heavy atom. The lowest BCUT2D eigenvalue weighted by Crippen LogP contribution is -2.56. The minimum absolute atomic E-state index is 0.240. The van der Waals surface area contributed by atoms with Gasteiger partial charge in [0, 0.05) is 18.0 Å². The number of oxime groups is 1. The zero-order valence-corrected chi connectivity index (χ0v) is 11.5. The normalized spacial score (nSPS) is 32.8. The molecule has 1 atom stereocenters. The second kappa shape index (κ2) is 5.45. The zero-order valence-electron chi connectivity index (χ0n) is 11.5. The lowest BCUT2D eigenvalue weighted by atomic mass is 9.83. The molecule has 0 aromatic heterocycles. The Morgan fingerprint density at radius 2 is 2.11 bits per heavy atom. The second-order valence-electron chi connectivity index (χ2n) is 6.32. The van der Waals surface area contributed by atoms with E-state index in [2.05, 4.69) is 15.4 Å². The lowest BCUT2D eigenvalue weighted by molar-refractivity contribution is 0.0719. The molecular weight excluding hydrogens is 228 g/mol. The van der Waals surface area contributed by atoms with Gasteiger partial charge in [-0.25, -0.2) is 0 Å². The molecule has 3 fully saturated rings. The average Bonchev–Trinajstić information content (AvgIpc) is 2.39. The minimum Gasteiger partial charge on any atom is -0.409 e. The molecule has 5 heteroatoms. The maximum atomic E-state index is 8.74. The lowest BCUT2D eigenvalue weighted by Gasteiger charge is -2.45. The molecule has 3 heterocycles. The van der Waals surface area contributed by atoms with E-state index in [1.54, 1.807) is 0 Å². The van der Waals surface area contributed by atoms with E-state index in [-0.39, 0.29) is 5.41 Å². The van der Waals surface area contributed by atoms with E-state index in [9.17, 15) is 0 Å². The van der Waals surface area contributed by atoms with Gasteiger partial charge in [-0.2, -0.15) is 0 Å². The summed E-state index contributed by atoms with van der Waals surface area (Å²) in [5.74, 6) is 1.17. The molecule has 0 saturated carbocycles. The summed E-state index contributed by atoms with van der Waals surface area (Å²) < 4.78 is 0. The van der Waals surface area contributed by atoms with Crippen molar-refractivity contribution in [3.05, 3.63) is 0 Å². The first-order valence-corrected chi connectivity index (χ1v) is 6.96. The first kappa shape index (κ1) is 13.6. The standard InChI is InChI=1S/C13H26N4O/c1-13(2,12(14)16-18)5-6-15-11-9-17-7-3-10(11)4-8-17/h10-11,15,18H,3-9H2,1-2H3,(H2,14,16). The van der Waals surface area contributed by atoms with E-state index in [0.29, 0.717) is 11.9 Å². The van der Waals surface area contributed by atoms with Crippen molar-refractivity contribution in [1.29, 1.82) is 0 Å². The third-order valence-corrected chi connectivity index (χ3v) is 4.61. The number of nitrogens with two attached hydrogens (primary N) is 1. The maximum absolute atomic E-state index is 8.74. The van der Waals surface area contributed by atoms with Gasteiger partial charge in [0.1, 0.15) is 5.84 Å². The van der Waals surface area contributed by atoms with Gasteiger partial charge in [-0.1, -0.05) is 19.0 Å². The van der Waals surface area contributed by atoms with Crippen LogP contribution in [0.2, 0.25) is 0 Å². The molecule has 0 aliphatic carbocycles. The van der Waals surface area contributed by atoms with Gasteiger partial charge in [0.15, 0.2) is 0 Å². The van der Waals surface area contributed by atoms with Crippen LogP contribution in [0.1, 0.15) is 33.1 Å². The van der Waals surface area contributed by atoms with E-state index < -0.39 is 0 Å². The van der Waals surface area contributed by atoms with E-state index in [4.69, 9.17) is 10.9 Å². The molecule has 3 aliphatic heterocycles. The van der Waals surface area contributed by atoms with Crippen LogP contribution >= 0.6 is 0 Å². The molecule has 18 heavy (non-hydrogen) atoms. The Labute approximate surface area is 109 Å². The van der Waals surface area contributed by atoms with Crippen LogP contribution in [0.3, 0.4) is 0 Å². The van der Waals surface area contributed by atoms with Gasteiger partial charge in [-0.3, -0.25) is 0 Å². The van der Waals surface area contributed by atoms with Crippen molar-refractivity contribution < 1.29 is 5.21 Å². The van der Waals surface area contributed by atoms with Crippen molar-refractivity contribution in [2.24, 2.45) is 22.2 Å². The zero-order chi connectivity index (χ0) is 13.2. The largest absolute Gasteiger partial charge is 0.409 e. The molecule has 104 valence electrons. The number of piperidine rings is 3. The molecule has 1 unspecified atom stereocenters. The van der Waals surface area contributed by atoms with Crippen molar-refractivity contribution >= 4 is 5.84 Å². The van der Waals surface area contributed by atoms with Gasteiger partial charge < -0.3 is 21.2 Å². The predicted molar refractivity (Wildman–Crippen MR) is 72.8 cm³/mol. The van der Waals surface area contributed by atoms with Gasteiger partial charge in [0.05, 0.1) is 0 Å². The molecule has 4 N–H and O–H groups in total. The Hall–Kier alpha value is -0.810. The van der Waals surface area contributed by atoms with Crippen molar-refractivity contribution in [2.75, 3.05) is 26.2 Å². The third-order valence-electron chi connectivity index (χ3n) is 4.61. The van der Waals surface area contributed by atoms with E-state index in [0.717, 1.165) is 18.9 Å². The molecule has 0 spiro atoms. The molecule has 0 amide bonds. The summed E-state index contributed by atoms with van der Waals surface area (Å²) in [6.07, 6.45) is 3.56. The van der Waals surface area contributed by atoms with Crippen LogP contribution in [0.15, 0.2) is 5.16 Å². The highest BCUT2D eigenvalue weighted by atomic mass is 16.4. The van der Waals surface area contributed by atoms with Crippen molar-refractivity contribution in [3.8, 4) is 0 Å². The van der Waals surface area contributed by atoms with Gasteiger partial charge in [-0.15, -0.1) is 0 Å². The second-order valence-corrected chi connectivity index (χ2v) is 6.32. The van der Waals surface area contributed by atoms with Gasteiger partial charge >= 0.3 is 0 Å². The monoisotopic (exact) mass is 254 g/mol. The number of fused-ring (bicyclic) bond motifs is 3. The topological polar surface area (TPSA) is 73.9 Å². The Morgan fingerprint density at radius 3 is 2.61 bits per heavy atom. The average molecular weight is 254 g/mol. The molecule has 3 rings (SSSR count). The van der Waals surface area contributed by atoms with Crippen LogP contribution < -0.4 is 11.1 Å². The number of amidine groups is 1. The highest BCUT2D eigenvalue weighted by molar-refractivity contribution is 5.85. The Kier molecular flexibility index (Phi) is 4.12. The third kappa shape index (κ3) is 2.95. The highest BCUT2D eigenvalue weighted by Gasteiger charge is 2.34. The van der Waals surface area contributed by atoms with Gasteiger partial charge in [0.25, 0.3) is 0 Å². The summed E-state index contributed by atoms with van der Waals surface area (Å²) in [7, 11) is 0. The fourth-order valence-electron chi connectivity index (χ4n) is 3.03. The SMILES string of the molecule is CC(C)(CCNC1CN2CCC1CC2)C(N)=NO. The minimum atomic E-state index is -0.240. The Balaban J connectivity index is 1.76. The number of nitrogens with one attached hydrogen (secondary N) is 1. The molecular formula is C13H26N4O. The van der Waals surface area contributed by atoms with Crippen molar-refractivity contribution in [3.63, 3.8) is 0 Å². The van der Waals surface area contributed by atoms with Gasteiger partial charge in [0.2, 0.25) is 0 Å². The summed E-state index contributed by atoms with van der Waals surface area (Å²) in [6.45, 7) is 8.70. The number of nitrogens with zero attached hydrogens (tertiary/aromatic N) is 2. The van der Waals surface area contributed by atoms with E-state index in [1.807, 2.05) is 13.8 Å². The van der Waals surface area contributed by atoms with Crippen LogP contribution in [0.5, 0.6) is 0 Å². The van der Waals surface area contributed by atoms with Gasteiger partial charge in [-0.05, 0) is 44.8 Å². The van der Waals surface area contributed by atoms with Crippen molar-refractivity contribution in [1.82, 2.24) is 10.2 Å². The smallest absolute Gasteiger partial charge is 0.144 e. The summed E-state index contributed by atoms with van der Waals surface area (Å²) in [5.41, 5.74) is 5.45. The predicted octanol–water partition coefficient (Wildman–Crippen LogP) is 0.833. The van der Waals surface area contributed by atoms with Crippen LogP contribution in [0, 0.1) is 11.3 Å². The van der Waals surface area contributed by atoms with Crippen molar-refractivity contribution in [2.45, 2.75) is 39.2 Å². The number of hydrogen-bond acceptors (Lipinski definition) is 4. The molecule has 5 nitrogen and oxygen atoms in total. The summed E-state index contributed by atoms with van der Waals surface area (Å²) in [4.78, 5) is 2.55. The molecule has 0 aromatic carbocycles. The van der Waals surface area contributed by atoms with Crippen LogP contribution in [0.25, 0.3) is 0 Å². The fourth-order valence-corrected chi connectivity index (χ4v) is 3.03. The van der Waals surface area contributed by atoms with Crippen LogP contribution in [-0.4, -0.2) is 48.2 Å². The molecule has 0 aromatic rings. The summed E-state index contributed by atoms with van der Waals surface area (Å²) in [5, 5.41) is 15.5. The fraction of sp³-hybridized carbons (Fsp3) is 0.923. The van der Waals surface area contributed by atoms with Crippen LogP contribution in [-0.2, 0) is 0 Å². The quantitative estimate of drug-likeness (QED) is 0.294. The molecule has 0 radical (unpaired) electrons. The van der Waals surface area contributed by atoms with E-state index >= 15 is 0 Å².